The monoisotopic (exact) mass is 452 g/mol. The highest BCUT2D eigenvalue weighted by molar-refractivity contribution is 7.90. The van der Waals surface area contributed by atoms with Crippen LogP contribution in [0.1, 0.15) is 19.8 Å². The first-order valence-electron chi connectivity index (χ1n) is 10.0. The summed E-state index contributed by atoms with van der Waals surface area (Å²) in [7, 11) is -1.03. The number of hydrogen-bond donors (Lipinski definition) is 0. The number of nitrogens with zero attached hydrogens (tertiary/aromatic N) is 2. The Morgan fingerprint density at radius 1 is 1.10 bits per heavy atom. The SMILES string of the molecule is COC(=O)C1=C(C(=O)OC)N(c2ccc(S(C)(=O)=O)c(N3CCC(C)CC3)c2)COC1. The third kappa shape index (κ3) is 4.85. The van der Waals surface area contributed by atoms with Crippen LogP contribution in [0.4, 0.5) is 11.4 Å². The highest BCUT2D eigenvalue weighted by Crippen LogP contribution is 2.35. The number of benzene rings is 1. The topological polar surface area (TPSA) is 102 Å². The number of anilines is 2. The minimum atomic E-state index is -3.48. The van der Waals surface area contributed by atoms with Crippen LogP contribution in [0.3, 0.4) is 0 Å². The molecule has 1 fully saturated rings. The van der Waals surface area contributed by atoms with Crippen molar-refractivity contribution in [2.45, 2.75) is 24.7 Å². The molecule has 170 valence electrons. The van der Waals surface area contributed by atoms with Gasteiger partial charge in [-0.3, -0.25) is 0 Å². The zero-order chi connectivity index (χ0) is 22.8. The second kappa shape index (κ2) is 9.27. The van der Waals surface area contributed by atoms with Gasteiger partial charge in [0.25, 0.3) is 0 Å². The van der Waals surface area contributed by atoms with E-state index in [4.69, 9.17) is 14.2 Å². The second-order valence-corrected chi connectivity index (χ2v) is 9.79. The zero-order valence-corrected chi connectivity index (χ0v) is 19.0. The van der Waals surface area contributed by atoms with Crippen molar-refractivity contribution in [2.75, 3.05) is 56.7 Å². The van der Waals surface area contributed by atoms with Crippen LogP contribution in [-0.4, -0.2) is 67.3 Å². The predicted molar refractivity (Wildman–Crippen MR) is 115 cm³/mol. The second-order valence-electron chi connectivity index (χ2n) is 7.81. The molecular weight excluding hydrogens is 424 g/mol. The van der Waals surface area contributed by atoms with Gasteiger partial charge >= 0.3 is 11.9 Å². The van der Waals surface area contributed by atoms with E-state index in [9.17, 15) is 18.0 Å². The van der Waals surface area contributed by atoms with Crippen LogP contribution < -0.4 is 9.80 Å². The summed E-state index contributed by atoms with van der Waals surface area (Å²) in [6.45, 7) is 3.55. The molecule has 0 aliphatic carbocycles. The van der Waals surface area contributed by atoms with E-state index in [1.54, 1.807) is 12.1 Å². The maximum absolute atomic E-state index is 12.5. The molecule has 0 bridgehead atoms. The standard InChI is InChI=1S/C21H28N2O7S/c1-14-7-9-22(10-8-14)17-11-15(5-6-18(17)31(4,26)27)23-13-30-12-16(20(24)28-2)19(23)21(25)29-3/h5-6,11,14H,7-10,12-13H2,1-4H3. The quantitative estimate of drug-likeness (QED) is 0.618. The molecule has 10 heteroatoms. The van der Waals surface area contributed by atoms with Crippen LogP contribution >= 0.6 is 0 Å². The van der Waals surface area contributed by atoms with E-state index in [1.165, 1.54) is 31.4 Å². The van der Waals surface area contributed by atoms with Crippen LogP contribution in [0.25, 0.3) is 0 Å². The highest BCUT2D eigenvalue weighted by atomic mass is 32.2. The average Bonchev–Trinajstić information content (AvgIpc) is 2.77. The van der Waals surface area contributed by atoms with E-state index in [0.717, 1.165) is 25.9 Å². The van der Waals surface area contributed by atoms with Gasteiger partial charge in [-0.2, -0.15) is 0 Å². The van der Waals surface area contributed by atoms with Crippen LogP contribution in [0.15, 0.2) is 34.4 Å². The number of sulfone groups is 1. The van der Waals surface area contributed by atoms with Crippen molar-refractivity contribution in [1.29, 1.82) is 0 Å². The molecule has 3 rings (SSSR count). The number of rotatable bonds is 5. The Bertz CT molecular complexity index is 995. The Balaban J connectivity index is 2.12. The largest absolute Gasteiger partial charge is 0.466 e. The van der Waals surface area contributed by atoms with E-state index >= 15 is 0 Å². The van der Waals surface area contributed by atoms with Crippen LogP contribution in [0, 0.1) is 5.92 Å². The Morgan fingerprint density at radius 3 is 2.32 bits per heavy atom. The fourth-order valence-electron chi connectivity index (χ4n) is 3.83. The van der Waals surface area contributed by atoms with Gasteiger partial charge in [0.15, 0.2) is 9.84 Å². The maximum Gasteiger partial charge on any atom is 0.355 e. The maximum atomic E-state index is 12.5. The van der Waals surface area contributed by atoms with Crippen LogP contribution in [-0.2, 0) is 33.6 Å². The zero-order valence-electron chi connectivity index (χ0n) is 18.2. The van der Waals surface area contributed by atoms with Gasteiger partial charge < -0.3 is 24.0 Å². The smallest absolute Gasteiger partial charge is 0.355 e. The molecule has 2 heterocycles. The minimum Gasteiger partial charge on any atom is -0.466 e. The van der Waals surface area contributed by atoms with Gasteiger partial charge in [0.2, 0.25) is 0 Å². The van der Waals surface area contributed by atoms with Crippen molar-refractivity contribution >= 4 is 33.2 Å². The summed E-state index contributed by atoms with van der Waals surface area (Å²) in [6, 6.07) is 4.84. The number of esters is 2. The number of piperidine rings is 1. The molecule has 0 N–H and O–H groups in total. The lowest BCUT2D eigenvalue weighted by molar-refractivity contribution is -0.140. The van der Waals surface area contributed by atoms with Crippen LogP contribution in [0.5, 0.6) is 0 Å². The molecule has 0 saturated carbocycles. The summed E-state index contributed by atoms with van der Waals surface area (Å²) in [5, 5.41) is 0. The molecule has 0 radical (unpaired) electrons. The number of methoxy groups -OCH3 is 2. The molecule has 0 aromatic heterocycles. The third-order valence-corrected chi connectivity index (χ3v) is 6.76. The van der Waals surface area contributed by atoms with Crippen molar-refractivity contribution in [2.24, 2.45) is 5.92 Å². The molecule has 9 nitrogen and oxygen atoms in total. The summed E-state index contributed by atoms with van der Waals surface area (Å²) in [6.07, 6.45) is 3.09. The Kier molecular flexibility index (Phi) is 6.90. The number of hydrogen-bond acceptors (Lipinski definition) is 9. The van der Waals surface area contributed by atoms with Crippen molar-refractivity contribution in [3.05, 3.63) is 29.5 Å². The van der Waals surface area contributed by atoms with E-state index in [-0.39, 0.29) is 29.5 Å². The first-order chi connectivity index (χ1) is 14.7. The minimum absolute atomic E-state index is 0.000374. The highest BCUT2D eigenvalue weighted by Gasteiger charge is 2.33. The Hall–Kier alpha value is -2.59. The summed E-state index contributed by atoms with van der Waals surface area (Å²) < 4.78 is 40.1. The van der Waals surface area contributed by atoms with Gasteiger partial charge in [0.05, 0.1) is 37.0 Å². The molecule has 2 aliphatic heterocycles. The van der Waals surface area contributed by atoms with Gasteiger partial charge in [0.1, 0.15) is 12.4 Å². The Labute approximate surface area is 182 Å². The van der Waals surface area contributed by atoms with Crippen molar-refractivity contribution < 1.29 is 32.2 Å². The average molecular weight is 453 g/mol. The van der Waals surface area contributed by atoms with E-state index in [1.807, 2.05) is 4.90 Å². The van der Waals surface area contributed by atoms with Gasteiger partial charge in [-0.1, -0.05) is 6.92 Å². The van der Waals surface area contributed by atoms with Crippen molar-refractivity contribution in [3.63, 3.8) is 0 Å². The number of carbonyl (C=O) groups is 2. The summed E-state index contributed by atoms with van der Waals surface area (Å²) in [4.78, 5) is 28.5. The van der Waals surface area contributed by atoms with Crippen molar-refractivity contribution in [3.8, 4) is 0 Å². The lowest BCUT2D eigenvalue weighted by Crippen LogP contribution is -2.39. The van der Waals surface area contributed by atoms with Gasteiger partial charge in [-0.25, -0.2) is 18.0 Å². The molecule has 1 saturated heterocycles. The normalized spacial score (nSPS) is 18.2. The molecule has 0 amide bonds. The molecule has 2 aliphatic rings. The predicted octanol–water partition coefficient (Wildman–Crippen LogP) is 1.72. The summed E-state index contributed by atoms with van der Waals surface area (Å²) >= 11 is 0. The molecular formula is C21H28N2O7S. The first kappa shape index (κ1) is 23.1. The lowest BCUT2D eigenvalue weighted by atomic mass is 9.98. The molecule has 31 heavy (non-hydrogen) atoms. The molecule has 1 aromatic carbocycles. The summed E-state index contributed by atoms with van der Waals surface area (Å²) in [5.74, 6) is -0.819. The van der Waals surface area contributed by atoms with E-state index in [0.29, 0.717) is 17.3 Å². The molecule has 0 spiro atoms. The van der Waals surface area contributed by atoms with Gasteiger partial charge in [0, 0.05) is 25.0 Å². The number of carbonyl (C=O) groups excluding carboxylic acids is 2. The van der Waals surface area contributed by atoms with E-state index < -0.39 is 21.8 Å². The lowest BCUT2D eigenvalue weighted by Gasteiger charge is -2.35. The molecule has 0 atom stereocenters. The van der Waals surface area contributed by atoms with E-state index in [2.05, 4.69) is 6.92 Å². The fourth-order valence-corrected chi connectivity index (χ4v) is 4.71. The van der Waals surface area contributed by atoms with Gasteiger partial charge in [-0.15, -0.1) is 0 Å². The first-order valence-corrected chi connectivity index (χ1v) is 11.9. The molecule has 1 aromatic rings. The van der Waals surface area contributed by atoms with Gasteiger partial charge in [-0.05, 0) is 37.0 Å². The van der Waals surface area contributed by atoms with Crippen molar-refractivity contribution in [1.82, 2.24) is 0 Å². The summed E-state index contributed by atoms with van der Waals surface area (Å²) in [5.41, 5.74) is 1.15. The molecule has 0 unspecified atom stereocenters. The number of ether oxygens (including phenoxy) is 3. The van der Waals surface area contributed by atoms with Crippen LogP contribution in [0.2, 0.25) is 0 Å². The Morgan fingerprint density at radius 2 is 1.74 bits per heavy atom. The third-order valence-electron chi connectivity index (χ3n) is 5.61. The fraction of sp³-hybridized carbons (Fsp3) is 0.524.